The van der Waals surface area contributed by atoms with Crippen LogP contribution in [0.25, 0.3) is 0 Å². The maximum atomic E-state index is 11.2. The summed E-state index contributed by atoms with van der Waals surface area (Å²) in [5, 5.41) is 0. The van der Waals surface area contributed by atoms with Gasteiger partial charge in [-0.05, 0) is 40.0 Å². The normalized spacial score (nSPS) is 12.2. The molecule has 0 bridgehead atoms. The van der Waals surface area contributed by atoms with Gasteiger partial charge in [-0.3, -0.25) is 4.79 Å². The summed E-state index contributed by atoms with van der Waals surface area (Å²) in [6.07, 6.45) is 15.7. The Balaban J connectivity index is 3.50. The molecule has 0 radical (unpaired) electrons. The van der Waals surface area contributed by atoms with Gasteiger partial charge < -0.3 is 4.74 Å². The minimum absolute atomic E-state index is 0.0157. The monoisotopic (exact) mass is 236 g/mol. The molecule has 0 atom stereocenters. The first-order valence-electron chi connectivity index (χ1n) is 6.29. The molecule has 0 saturated carbocycles. The van der Waals surface area contributed by atoms with Crippen LogP contribution < -0.4 is 0 Å². The zero-order valence-corrected chi connectivity index (χ0v) is 11.2. The van der Waals surface area contributed by atoms with Crippen molar-refractivity contribution in [1.82, 2.24) is 0 Å². The second-order valence-electron chi connectivity index (χ2n) is 4.08. The van der Waals surface area contributed by atoms with E-state index in [9.17, 15) is 4.79 Å². The molecule has 0 aromatic rings. The van der Waals surface area contributed by atoms with E-state index in [1.807, 2.05) is 39.0 Å². The Kier molecular flexibility index (Phi) is 10.3. The zero-order valence-electron chi connectivity index (χ0n) is 11.2. The van der Waals surface area contributed by atoms with Crippen molar-refractivity contribution in [2.24, 2.45) is 0 Å². The Morgan fingerprint density at radius 3 is 2.24 bits per heavy atom. The van der Waals surface area contributed by atoms with Crippen LogP contribution in [0.3, 0.4) is 0 Å². The lowest BCUT2D eigenvalue weighted by atomic mass is 10.2. The molecule has 0 aliphatic rings. The van der Waals surface area contributed by atoms with E-state index in [2.05, 4.69) is 18.2 Å². The summed E-state index contributed by atoms with van der Waals surface area (Å²) < 4.78 is 5.02. The first kappa shape index (κ1) is 15.7. The van der Waals surface area contributed by atoms with Crippen molar-refractivity contribution in [3.8, 4) is 0 Å². The van der Waals surface area contributed by atoms with E-state index < -0.39 is 0 Å². The van der Waals surface area contributed by atoms with E-state index in [0.29, 0.717) is 6.42 Å². The van der Waals surface area contributed by atoms with E-state index in [-0.39, 0.29) is 12.1 Å². The van der Waals surface area contributed by atoms with E-state index in [0.717, 1.165) is 19.3 Å². The molecule has 96 valence electrons. The van der Waals surface area contributed by atoms with Gasteiger partial charge >= 0.3 is 5.97 Å². The topological polar surface area (TPSA) is 26.3 Å². The molecule has 0 unspecified atom stereocenters. The summed E-state index contributed by atoms with van der Waals surface area (Å²) in [7, 11) is 0. The standard InChI is InChI=1S/C15H24O2/c1-4-5-6-7-8-9-10-11-12-13-15(16)17-14(2)3/h4-5,8-11,14H,6-7,12-13H2,1-3H3/b5-4+,9-8+,11-10+. The Morgan fingerprint density at radius 2 is 1.65 bits per heavy atom. The number of rotatable bonds is 8. The lowest BCUT2D eigenvalue weighted by Gasteiger charge is -2.05. The van der Waals surface area contributed by atoms with Crippen molar-refractivity contribution in [3.63, 3.8) is 0 Å². The molecule has 0 N–H and O–H groups in total. The van der Waals surface area contributed by atoms with Crippen LogP contribution in [-0.4, -0.2) is 12.1 Å². The average Bonchev–Trinajstić information content (AvgIpc) is 2.26. The first-order chi connectivity index (χ1) is 8.16. The van der Waals surface area contributed by atoms with Crippen molar-refractivity contribution in [3.05, 3.63) is 36.5 Å². The molecule has 0 aliphatic carbocycles. The third-order valence-corrected chi connectivity index (χ3v) is 2.00. The van der Waals surface area contributed by atoms with Crippen molar-refractivity contribution >= 4 is 5.97 Å². The third-order valence-electron chi connectivity index (χ3n) is 2.00. The molecule has 0 saturated heterocycles. The number of carbonyl (C=O) groups is 1. The molecule has 2 heteroatoms. The summed E-state index contributed by atoms with van der Waals surface area (Å²) in [5.41, 5.74) is 0. The van der Waals surface area contributed by atoms with Crippen LogP contribution in [0.2, 0.25) is 0 Å². The molecule has 0 amide bonds. The first-order valence-corrected chi connectivity index (χ1v) is 6.29. The lowest BCUT2D eigenvalue weighted by Crippen LogP contribution is -2.10. The van der Waals surface area contributed by atoms with E-state index >= 15 is 0 Å². The lowest BCUT2D eigenvalue weighted by molar-refractivity contribution is -0.147. The number of unbranched alkanes of at least 4 members (excludes halogenated alkanes) is 1. The van der Waals surface area contributed by atoms with E-state index in [1.165, 1.54) is 0 Å². The second-order valence-corrected chi connectivity index (χ2v) is 4.08. The Morgan fingerprint density at radius 1 is 1.06 bits per heavy atom. The van der Waals surface area contributed by atoms with Crippen LogP contribution in [0.4, 0.5) is 0 Å². The SMILES string of the molecule is C/C=C/CC/C=C/C=C/CCC(=O)OC(C)C. The van der Waals surface area contributed by atoms with Crippen molar-refractivity contribution in [2.45, 2.75) is 52.6 Å². The van der Waals surface area contributed by atoms with Gasteiger partial charge in [0, 0.05) is 6.42 Å². The van der Waals surface area contributed by atoms with Crippen LogP contribution in [0, 0.1) is 0 Å². The highest BCUT2D eigenvalue weighted by molar-refractivity contribution is 5.69. The Bertz CT molecular complexity index is 273. The predicted octanol–water partition coefficient (Wildman–Crippen LogP) is 4.19. The van der Waals surface area contributed by atoms with Crippen LogP contribution in [0.15, 0.2) is 36.5 Å². The molecule has 0 aromatic heterocycles. The minimum atomic E-state index is -0.123. The average molecular weight is 236 g/mol. The minimum Gasteiger partial charge on any atom is -0.463 e. The molecule has 2 nitrogen and oxygen atoms in total. The van der Waals surface area contributed by atoms with Gasteiger partial charge in [-0.2, -0.15) is 0 Å². The fourth-order valence-electron chi connectivity index (χ4n) is 1.23. The van der Waals surface area contributed by atoms with Gasteiger partial charge in [0.25, 0.3) is 0 Å². The third kappa shape index (κ3) is 12.6. The molecule has 0 heterocycles. The summed E-state index contributed by atoms with van der Waals surface area (Å²) in [5.74, 6) is -0.123. The number of allylic oxidation sites excluding steroid dienone is 6. The summed E-state index contributed by atoms with van der Waals surface area (Å²) in [4.78, 5) is 11.2. The fraction of sp³-hybridized carbons (Fsp3) is 0.533. The van der Waals surface area contributed by atoms with Gasteiger partial charge in [-0.25, -0.2) is 0 Å². The van der Waals surface area contributed by atoms with Gasteiger partial charge in [-0.1, -0.05) is 36.5 Å². The van der Waals surface area contributed by atoms with Crippen LogP contribution in [0.1, 0.15) is 46.5 Å². The van der Waals surface area contributed by atoms with Crippen molar-refractivity contribution in [2.75, 3.05) is 0 Å². The smallest absolute Gasteiger partial charge is 0.306 e. The van der Waals surface area contributed by atoms with Gasteiger partial charge in [0.15, 0.2) is 0 Å². The molecule has 0 spiro atoms. The van der Waals surface area contributed by atoms with Crippen molar-refractivity contribution < 1.29 is 9.53 Å². The van der Waals surface area contributed by atoms with Crippen LogP contribution in [0.5, 0.6) is 0 Å². The fourth-order valence-corrected chi connectivity index (χ4v) is 1.23. The zero-order chi connectivity index (χ0) is 12.9. The number of ether oxygens (including phenoxy) is 1. The van der Waals surface area contributed by atoms with Gasteiger partial charge in [0.2, 0.25) is 0 Å². The van der Waals surface area contributed by atoms with Crippen LogP contribution >= 0.6 is 0 Å². The molecular weight excluding hydrogens is 212 g/mol. The highest BCUT2D eigenvalue weighted by atomic mass is 16.5. The van der Waals surface area contributed by atoms with Crippen molar-refractivity contribution in [1.29, 1.82) is 0 Å². The van der Waals surface area contributed by atoms with E-state index in [4.69, 9.17) is 4.74 Å². The second kappa shape index (κ2) is 11.2. The number of hydrogen-bond donors (Lipinski definition) is 0. The highest BCUT2D eigenvalue weighted by Crippen LogP contribution is 1.99. The molecular formula is C15H24O2. The predicted molar refractivity (Wildman–Crippen MR) is 72.8 cm³/mol. The quantitative estimate of drug-likeness (QED) is 0.273. The summed E-state index contributed by atoms with van der Waals surface area (Å²) in [6.45, 7) is 5.75. The number of carbonyl (C=O) groups excluding carboxylic acids is 1. The number of hydrogen-bond acceptors (Lipinski definition) is 2. The Labute approximate surface area is 105 Å². The summed E-state index contributed by atoms with van der Waals surface area (Å²) >= 11 is 0. The maximum Gasteiger partial charge on any atom is 0.306 e. The summed E-state index contributed by atoms with van der Waals surface area (Å²) in [6, 6.07) is 0. The maximum absolute atomic E-state index is 11.2. The molecule has 0 fully saturated rings. The molecule has 0 aliphatic heterocycles. The highest BCUT2D eigenvalue weighted by Gasteiger charge is 2.02. The van der Waals surface area contributed by atoms with Gasteiger partial charge in [0.1, 0.15) is 0 Å². The Hall–Kier alpha value is -1.31. The molecule has 0 aromatic carbocycles. The largest absolute Gasteiger partial charge is 0.463 e. The van der Waals surface area contributed by atoms with Crippen LogP contribution in [-0.2, 0) is 9.53 Å². The molecule has 0 rings (SSSR count). The van der Waals surface area contributed by atoms with Gasteiger partial charge in [0.05, 0.1) is 6.10 Å². The van der Waals surface area contributed by atoms with E-state index in [1.54, 1.807) is 0 Å². The molecule has 17 heavy (non-hydrogen) atoms. The number of esters is 1. The van der Waals surface area contributed by atoms with Gasteiger partial charge in [-0.15, -0.1) is 0 Å².